The van der Waals surface area contributed by atoms with E-state index in [0.717, 1.165) is 31.5 Å². The molecule has 1 aromatic carbocycles. The summed E-state index contributed by atoms with van der Waals surface area (Å²) in [4.78, 5) is 14.9. The van der Waals surface area contributed by atoms with Crippen LogP contribution in [0.5, 0.6) is 0 Å². The molecule has 0 atom stereocenters. The zero-order valence-corrected chi connectivity index (χ0v) is 17.0. The minimum absolute atomic E-state index is 0.0103. The molecular weight excluding hydrogens is 396 g/mol. The minimum atomic E-state index is -0.0199. The summed E-state index contributed by atoms with van der Waals surface area (Å²) < 4.78 is 7.36. The summed E-state index contributed by atoms with van der Waals surface area (Å²) in [5.74, 6) is 0.515. The van der Waals surface area contributed by atoms with Crippen molar-refractivity contribution < 1.29 is 9.21 Å². The van der Waals surface area contributed by atoms with Gasteiger partial charge in [-0.15, -0.1) is 15.3 Å². The summed E-state index contributed by atoms with van der Waals surface area (Å²) in [6, 6.07) is 7.99. The van der Waals surface area contributed by atoms with E-state index in [0.29, 0.717) is 22.5 Å². The Bertz CT molecular complexity index is 988. The summed E-state index contributed by atoms with van der Waals surface area (Å²) in [5.41, 5.74) is 3.69. The lowest BCUT2D eigenvalue weighted by Crippen LogP contribution is -2.39. The fraction of sp³-hybridized carbons (Fsp3) is 0.389. The molecule has 0 spiro atoms. The van der Waals surface area contributed by atoms with Crippen molar-refractivity contribution in [2.24, 2.45) is 5.92 Å². The molecule has 3 aromatic rings. The lowest BCUT2D eigenvalue weighted by molar-refractivity contribution is -0.121. The zero-order valence-electron chi connectivity index (χ0n) is 15.4. The molecule has 1 aliphatic rings. The van der Waals surface area contributed by atoms with Crippen LogP contribution in [0.1, 0.15) is 18.4 Å². The fourth-order valence-corrected chi connectivity index (χ4v) is 3.79. The van der Waals surface area contributed by atoms with E-state index < -0.39 is 0 Å². The molecule has 1 saturated heterocycles. The first-order valence-electron chi connectivity index (χ1n) is 9.03. The molecule has 0 radical (unpaired) electrons. The van der Waals surface area contributed by atoms with E-state index in [-0.39, 0.29) is 11.8 Å². The van der Waals surface area contributed by atoms with E-state index in [1.165, 1.54) is 16.9 Å². The molecule has 146 valence electrons. The van der Waals surface area contributed by atoms with Crippen LogP contribution in [-0.2, 0) is 11.5 Å². The summed E-state index contributed by atoms with van der Waals surface area (Å²) in [5, 5.41) is 15.5. The summed E-state index contributed by atoms with van der Waals surface area (Å²) in [6.07, 6.45) is 1.56. The van der Waals surface area contributed by atoms with E-state index in [1.807, 2.05) is 31.2 Å². The first-order valence-corrected chi connectivity index (χ1v) is 10.3. The van der Waals surface area contributed by atoms with Gasteiger partial charge < -0.3 is 9.73 Å². The van der Waals surface area contributed by atoms with E-state index in [1.54, 1.807) is 10.2 Å². The Hall–Kier alpha value is -2.43. The summed E-state index contributed by atoms with van der Waals surface area (Å²) in [7, 11) is 0. The molecule has 28 heavy (non-hydrogen) atoms. The number of carbonyl (C=O) groups excluding carboxylic acids is 1. The lowest BCUT2D eigenvalue weighted by Gasteiger charge is -2.30. The Morgan fingerprint density at radius 1 is 1.32 bits per heavy atom. The van der Waals surface area contributed by atoms with Gasteiger partial charge in [0.25, 0.3) is 4.84 Å². The van der Waals surface area contributed by atoms with Crippen LogP contribution in [-0.4, -0.2) is 43.9 Å². The predicted molar refractivity (Wildman–Crippen MR) is 108 cm³/mol. The highest BCUT2D eigenvalue weighted by Crippen LogP contribution is 2.22. The second kappa shape index (κ2) is 8.29. The zero-order chi connectivity index (χ0) is 19.5. The highest BCUT2D eigenvalue weighted by Gasteiger charge is 2.26. The van der Waals surface area contributed by atoms with Crippen molar-refractivity contribution in [3.8, 4) is 11.5 Å². The Morgan fingerprint density at radius 2 is 2.07 bits per heavy atom. The largest absolute Gasteiger partial charge is 0.409 e. The van der Waals surface area contributed by atoms with Crippen molar-refractivity contribution in [3.05, 3.63) is 40.2 Å². The van der Waals surface area contributed by atoms with E-state index >= 15 is 0 Å². The molecule has 0 saturated carbocycles. The molecule has 0 unspecified atom stereocenters. The number of rotatable bonds is 5. The number of benzene rings is 1. The normalized spacial score (nSPS) is 15.6. The molecule has 10 heteroatoms. The molecule has 0 bridgehead atoms. The molecule has 4 rings (SSSR count). The van der Waals surface area contributed by atoms with Crippen LogP contribution in [0.3, 0.4) is 0 Å². The third-order valence-corrected chi connectivity index (χ3v) is 5.69. The number of aryl methyl sites for hydroxylation is 1. The first kappa shape index (κ1) is 18.9. The highest BCUT2D eigenvalue weighted by molar-refractivity contribution is 7.71. The number of hydrogen-bond donors (Lipinski definition) is 1. The van der Waals surface area contributed by atoms with Gasteiger partial charge in [-0.3, -0.25) is 9.69 Å². The van der Waals surface area contributed by atoms with Gasteiger partial charge in [0.05, 0.1) is 6.67 Å². The molecule has 1 fully saturated rings. The standard InChI is InChI=1S/C18H20N6O2S2/c1-12-2-4-14(5-3-12)16-22-24(18(27)26-16)11-23-8-6-13(7-9-23)15(25)20-17-21-19-10-28-17/h2-5,10,13H,6-9,11H2,1H3,(H,20,21,25). The van der Waals surface area contributed by atoms with Crippen LogP contribution in [0.25, 0.3) is 11.5 Å². The van der Waals surface area contributed by atoms with Gasteiger partial charge >= 0.3 is 0 Å². The molecule has 1 amide bonds. The maximum Gasteiger partial charge on any atom is 0.288 e. The van der Waals surface area contributed by atoms with Crippen LogP contribution in [0.2, 0.25) is 0 Å². The van der Waals surface area contributed by atoms with E-state index in [9.17, 15) is 4.79 Å². The molecule has 2 aromatic heterocycles. The Morgan fingerprint density at radius 3 is 2.75 bits per heavy atom. The highest BCUT2D eigenvalue weighted by atomic mass is 32.1. The summed E-state index contributed by atoms with van der Waals surface area (Å²) in [6.45, 7) is 4.18. The number of piperidine rings is 1. The van der Waals surface area contributed by atoms with Gasteiger partial charge in [-0.2, -0.15) is 0 Å². The Balaban J connectivity index is 1.34. The van der Waals surface area contributed by atoms with Crippen LogP contribution in [0.15, 0.2) is 34.2 Å². The second-order valence-electron chi connectivity index (χ2n) is 6.81. The first-order chi connectivity index (χ1) is 13.6. The molecule has 8 nitrogen and oxygen atoms in total. The smallest absolute Gasteiger partial charge is 0.288 e. The van der Waals surface area contributed by atoms with Crippen LogP contribution in [0.4, 0.5) is 5.13 Å². The SMILES string of the molecule is Cc1ccc(-c2nn(CN3CCC(C(=O)Nc4nncs4)CC3)c(=S)o2)cc1. The van der Waals surface area contributed by atoms with Crippen molar-refractivity contribution in [1.29, 1.82) is 0 Å². The Kier molecular flexibility index (Phi) is 5.60. The number of carbonyl (C=O) groups is 1. The van der Waals surface area contributed by atoms with Crippen molar-refractivity contribution >= 4 is 34.6 Å². The molecule has 0 aliphatic carbocycles. The van der Waals surface area contributed by atoms with Crippen molar-refractivity contribution in [1.82, 2.24) is 24.9 Å². The molecule has 3 heterocycles. The number of nitrogens with zero attached hydrogens (tertiary/aromatic N) is 5. The topological polar surface area (TPSA) is 89.1 Å². The van der Waals surface area contributed by atoms with Crippen LogP contribution in [0, 0.1) is 17.7 Å². The van der Waals surface area contributed by atoms with Crippen molar-refractivity contribution in [2.45, 2.75) is 26.4 Å². The van der Waals surface area contributed by atoms with Gasteiger partial charge in [0.1, 0.15) is 5.51 Å². The van der Waals surface area contributed by atoms with Gasteiger partial charge in [0, 0.05) is 24.6 Å². The van der Waals surface area contributed by atoms with Crippen molar-refractivity contribution in [2.75, 3.05) is 18.4 Å². The molecule has 1 aliphatic heterocycles. The number of aromatic nitrogens is 4. The third kappa shape index (κ3) is 4.34. The minimum Gasteiger partial charge on any atom is -0.409 e. The van der Waals surface area contributed by atoms with E-state index in [4.69, 9.17) is 16.6 Å². The average molecular weight is 417 g/mol. The predicted octanol–water partition coefficient (Wildman–Crippen LogP) is 3.34. The van der Waals surface area contributed by atoms with Crippen molar-refractivity contribution in [3.63, 3.8) is 0 Å². The maximum atomic E-state index is 12.3. The number of amides is 1. The number of nitrogens with one attached hydrogen (secondary N) is 1. The Labute approximate surface area is 171 Å². The number of anilines is 1. The molecule has 1 N–H and O–H groups in total. The van der Waals surface area contributed by atoms with Gasteiger partial charge in [-0.25, -0.2) is 4.68 Å². The number of likely N-dealkylation sites (tertiary alicyclic amines) is 1. The fourth-order valence-electron chi connectivity index (χ4n) is 3.17. The number of hydrogen-bond acceptors (Lipinski definition) is 8. The molecular formula is C18H20N6O2S2. The average Bonchev–Trinajstić information content (AvgIpc) is 3.33. The second-order valence-corrected chi connectivity index (χ2v) is 7.99. The van der Waals surface area contributed by atoms with Gasteiger partial charge in [-0.1, -0.05) is 29.0 Å². The van der Waals surface area contributed by atoms with Gasteiger partial charge in [0.2, 0.25) is 16.9 Å². The van der Waals surface area contributed by atoms with Crippen LogP contribution >= 0.6 is 23.6 Å². The van der Waals surface area contributed by atoms with Gasteiger partial charge in [0.15, 0.2) is 0 Å². The summed E-state index contributed by atoms with van der Waals surface area (Å²) >= 11 is 6.65. The lowest BCUT2D eigenvalue weighted by atomic mass is 9.96. The monoisotopic (exact) mass is 416 g/mol. The quantitative estimate of drug-likeness (QED) is 0.638. The maximum absolute atomic E-state index is 12.3. The van der Waals surface area contributed by atoms with E-state index in [2.05, 4.69) is 25.5 Å². The van der Waals surface area contributed by atoms with Crippen LogP contribution < -0.4 is 5.32 Å². The third-order valence-electron chi connectivity index (χ3n) is 4.79. The van der Waals surface area contributed by atoms with Gasteiger partial charge in [-0.05, 0) is 44.1 Å².